The lowest BCUT2D eigenvalue weighted by molar-refractivity contribution is -0.146. The van der Waals surface area contributed by atoms with Crippen LogP contribution in [0.2, 0.25) is 0 Å². The van der Waals surface area contributed by atoms with Crippen LogP contribution in [0.4, 0.5) is 0 Å². The van der Waals surface area contributed by atoms with E-state index in [0.29, 0.717) is 5.76 Å². The van der Waals surface area contributed by atoms with Gasteiger partial charge in [0.25, 0.3) is 11.8 Å². The van der Waals surface area contributed by atoms with Crippen LogP contribution in [-0.2, 0) is 9.59 Å². The number of ether oxygens (including phenoxy) is 1. The molecule has 18 heavy (non-hydrogen) atoms. The molecule has 1 N–H and O–H groups in total. The number of carbonyl (C=O) groups is 2. The van der Waals surface area contributed by atoms with Crippen LogP contribution in [0.15, 0.2) is 10.6 Å². The average molecular weight is 256 g/mol. The first kappa shape index (κ1) is 14.0. The molecule has 0 aliphatic carbocycles. The molecule has 100 valence electrons. The molecule has 0 unspecified atom stereocenters. The van der Waals surface area contributed by atoms with E-state index < -0.39 is 11.9 Å². The molecule has 1 amide bonds. The van der Waals surface area contributed by atoms with Gasteiger partial charge in [0, 0.05) is 12.1 Å². The molecule has 0 bridgehead atoms. The maximum atomic E-state index is 11.8. The molecule has 0 saturated heterocycles. The highest BCUT2D eigenvalue weighted by Gasteiger charge is 2.20. The fourth-order valence-electron chi connectivity index (χ4n) is 1.33. The average Bonchev–Trinajstić information content (AvgIpc) is 2.68. The third-order valence-electron chi connectivity index (χ3n) is 2.20. The molecule has 7 nitrogen and oxygen atoms in total. The lowest BCUT2D eigenvalue weighted by Crippen LogP contribution is -2.43. The fraction of sp³-hybridized carbons (Fsp3) is 0.545. The molecule has 1 aromatic rings. The van der Waals surface area contributed by atoms with Crippen molar-refractivity contribution in [3.8, 4) is 5.88 Å². The third kappa shape index (κ3) is 4.08. The molecular weight excluding hydrogens is 240 g/mol. The van der Waals surface area contributed by atoms with E-state index in [9.17, 15) is 9.59 Å². The second kappa shape index (κ2) is 6.04. The first-order valence-corrected chi connectivity index (χ1v) is 5.47. The minimum Gasteiger partial charge on any atom is -0.480 e. The predicted molar refractivity (Wildman–Crippen MR) is 61.2 cm³/mol. The van der Waals surface area contributed by atoms with Crippen molar-refractivity contribution in [2.24, 2.45) is 0 Å². The smallest absolute Gasteiger partial charge is 0.323 e. The molecule has 0 spiro atoms. The number of hydrogen-bond acceptors (Lipinski definition) is 5. The molecule has 1 heterocycles. The van der Waals surface area contributed by atoms with Crippen LogP contribution in [0.5, 0.6) is 5.88 Å². The number of amides is 1. The quantitative estimate of drug-likeness (QED) is 0.804. The van der Waals surface area contributed by atoms with Gasteiger partial charge in [-0.1, -0.05) is 0 Å². The van der Waals surface area contributed by atoms with E-state index in [0.717, 1.165) is 0 Å². The number of aromatic nitrogens is 1. The summed E-state index contributed by atoms with van der Waals surface area (Å²) in [5, 5.41) is 12.3. The summed E-state index contributed by atoms with van der Waals surface area (Å²) in [5.41, 5.74) is 0. The molecule has 0 saturated carbocycles. The van der Waals surface area contributed by atoms with Gasteiger partial charge in [0.15, 0.2) is 6.61 Å². The largest absolute Gasteiger partial charge is 0.480 e. The molecule has 0 aliphatic rings. The number of carboxylic acid groups (broad SMARTS) is 1. The van der Waals surface area contributed by atoms with E-state index in [1.165, 1.54) is 4.90 Å². The Morgan fingerprint density at radius 2 is 2.22 bits per heavy atom. The number of carboxylic acids is 1. The summed E-state index contributed by atoms with van der Waals surface area (Å²) >= 11 is 0. The highest BCUT2D eigenvalue weighted by Crippen LogP contribution is 2.10. The monoisotopic (exact) mass is 256 g/mol. The summed E-state index contributed by atoms with van der Waals surface area (Å²) in [7, 11) is 0. The van der Waals surface area contributed by atoms with Gasteiger partial charge in [-0.3, -0.25) is 9.59 Å². The summed E-state index contributed by atoms with van der Waals surface area (Å²) in [6, 6.07) is 1.33. The van der Waals surface area contributed by atoms with Gasteiger partial charge in [0.1, 0.15) is 12.3 Å². The Morgan fingerprint density at radius 3 is 2.67 bits per heavy atom. The number of aryl methyl sites for hydroxylation is 1. The van der Waals surface area contributed by atoms with Gasteiger partial charge in [-0.05, 0) is 25.9 Å². The van der Waals surface area contributed by atoms with Crippen molar-refractivity contribution in [3.63, 3.8) is 0 Å². The Kier molecular flexibility index (Phi) is 4.70. The van der Waals surface area contributed by atoms with Crippen molar-refractivity contribution in [1.29, 1.82) is 0 Å². The Balaban J connectivity index is 2.53. The van der Waals surface area contributed by atoms with Crippen molar-refractivity contribution in [2.75, 3.05) is 13.2 Å². The minimum atomic E-state index is -1.06. The molecule has 1 rings (SSSR count). The first-order valence-electron chi connectivity index (χ1n) is 5.47. The van der Waals surface area contributed by atoms with Crippen molar-refractivity contribution < 1.29 is 24.0 Å². The zero-order valence-electron chi connectivity index (χ0n) is 10.5. The summed E-state index contributed by atoms with van der Waals surface area (Å²) in [5.74, 6) is -0.689. The third-order valence-corrected chi connectivity index (χ3v) is 2.20. The number of aliphatic carboxylic acids is 1. The lowest BCUT2D eigenvalue weighted by atomic mass is 10.3. The summed E-state index contributed by atoms with van der Waals surface area (Å²) in [6.07, 6.45) is 0. The predicted octanol–water partition coefficient (Wildman–Crippen LogP) is 0.683. The molecule has 1 aromatic heterocycles. The van der Waals surface area contributed by atoms with Crippen LogP contribution in [0.3, 0.4) is 0 Å². The zero-order chi connectivity index (χ0) is 13.7. The Labute approximate surface area is 104 Å². The molecule has 0 fully saturated rings. The summed E-state index contributed by atoms with van der Waals surface area (Å²) in [4.78, 5) is 23.6. The van der Waals surface area contributed by atoms with Gasteiger partial charge < -0.3 is 19.3 Å². The maximum absolute atomic E-state index is 11.8. The number of rotatable bonds is 6. The number of nitrogens with zero attached hydrogens (tertiary/aromatic N) is 2. The van der Waals surface area contributed by atoms with Gasteiger partial charge in [0.05, 0.1) is 0 Å². The van der Waals surface area contributed by atoms with Crippen LogP contribution in [0.1, 0.15) is 19.6 Å². The molecule has 0 aliphatic heterocycles. The van der Waals surface area contributed by atoms with Crippen molar-refractivity contribution in [1.82, 2.24) is 10.1 Å². The van der Waals surface area contributed by atoms with E-state index in [1.54, 1.807) is 26.8 Å². The van der Waals surface area contributed by atoms with Crippen molar-refractivity contribution in [2.45, 2.75) is 26.8 Å². The van der Waals surface area contributed by atoms with E-state index in [1.807, 2.05) is 0 Å². The molecular formula is C11H16N2O5. The number of hydrogen-bond donors (Lipinski definition) is 1. The SMILES string of the molecule is Cc1cc(OCC(=O)N(CC(=O)O)C(C)C)no1. The van der Waals surface area contributed by atoms with Gasteiger partial charge >= 0.3 is 5.97 Å². The zero-order valence-corrected chi connectivity index (χ0v) is 10.5. The second-order valence-electron chi connectivity index (χ2n) is 4.07. The van der Waals surface area contributed by atoms with Gasteiger partial charge in [0.2, 0.25) is 0 Å². The van der Waals surface area contributed by atoms with Crippen LogP contribution >= 0.6 is 0 Å². The van der Waals surface area contributed by atoms with E-state index in [2.05, 4.69) is 5.16 Å². The Morgan fingerprint density at radius 1 is 1.56 bits per heavy atom. The highest BCUT2D eigenvalue weighted by molar-refractivity contribution is 5.82. The topological polar surface area (TPSA) is 92.9 Å². The Bertz CT molecular complexity index is 427. The summed E-state index contributed by atoms with van der Waals surface area (Å²) in [6.45, 7) is 4.56. The van der Waals surface area contributed by atoms with Gasteiger partial charge in [-0.25, -0.2) is 0 Å². The van der Waals surface area contributed by atoms with E-state index in [-0.39, 0.29) is 25.1 Å². The van der Waals surface area contributed by atoms with E-state index in [4.69, 9.17) is 14.4 Å². The first-order chi connectivity index (χ1) is 8.40. The minimum absolute atomic E-state index is 0.208. The fourth-order valence-corrected chi connectivity index (χ4v) is 1.33. The van der Waals surface area contributed by atoms with Crippen LogP contribution in [0, 0.1) is 6.92 Å². The van der Waals surface area contributed by atoms with Crippen LogP contribution in [0.25, 0.3) is 0 Å². The van der Waals surface area contributed by atoms with Gasteiger partial charge in [-0.2, -0.15) is 0 Å². The van der Waals surface area contributed by atoms with E-state index >= 15 is 0 Å². The van der Waals surface area contributed by atoms with Crippen LogP contribution in [-0.4, -0.2) is 46.2 Å². The molecule has 7 heteroatoms. The molecule has 0 atom stereocenters. The maximum Gasteiger partial charge on any atom is 0.323 e. The van der Waals surface area contributed by atoms with Crippen molar-refractivity contribution in [3.05, 3.63) is 11.8 Å². The number of carbonyl (C=O) groups excluding carboxylic acids is 1. The highest BCUT2D eigenvalue weighted by atomic mass is 16.5. The molecule has 0 aromatic carbocycles. The second-order valence-corrected chi connectivity index (χ2v) is 4.07. The lowest BCUT2D eigenvalue weighted by Gasteiger charge is -2.24. The molecule has 0 radical (unpaired) electrons. The Hall–Kier alpha value is -2.05. The normalized spacial score (nSPS) is 10.4. The summed E-state index contributed by atoms with van der Waals surface area (Å²) < 4.78 is 9.89. The van der Waals surface area contributed by atoms with Gasteiger partial charge in [-0.15, -0.1) is 0 Å². The van der Waals surface area contributed by atoms with Crippen molar-refractivity contribution >= 4 is 11.9 Å². The van der Waals surface area contributed by atoms with Crippen LogP contribution < -0.4 is 4.74 Å². The standard InChI is InChI=1S/C11H16N2O5/c1-7(2)13(5-11(15)16)10(14)6-17-9-4-8(3)18-12-9/h4,7H,5-6H2,1-3H3,(H,15,16).